The van der Waals surface area contributed by atoms with E-state index in [1.54, 1.807) is 18.2 Å². The molecule has 5 heteroatoms. The average molecular weight is 237 g/mol. The summed E-state index contributed by atoms with van der Waals surface area (Å²) >= 11 is 11.6. The summed E-state index contributed by atoms with van der Waals surface area (Å²) in [5.41, 5.74) is 0. The fraction of sp³-hybridized carbons (Fsp3) is 0.333. The van der Waals surface area contributed by atoms with E-state index in [0.717, 1.165) is 0 Å². The van der Waals surface area contributed by atoms with Gasteiger partial charge in [-0.2, -0.15) is 0 Å². The van der Waals surface area contributed by atoms with Crippen molar-refractivity contribution in [2.75, 3.05) is 13.2 Å². The smallest absolute Gasteiger partial charge is 0.156 e. The normalized spacial score (nSPS) is 12.6. The molecule has 0 aliphatic heterocycles. The average Bonchev–Trinajstić information content (AvgIpc) is 2.16. The molecule has 0 saturated heterocycles. The maximum absolute atomic E-state index is 9.04. The second-order valence-corrected chi connectivity index (χ2v) is 3.51. The number of hydrogen-bond donors (Lipinski definition) is 2. The van der Waals surface area contributed by atoms with E-state index in [1.165, 1.54) is 0 Å². The monoisotopic (exact) mass is 236 g/mol. The molecule has 0 radical (unpaired) electrons. The zero-order valence-corrected chi connectivity index (χ0v) is 8.79. The topological polar surface area (TPSA) is 49.7 Å². The zero-order chi connectivity index (χ0) is 10.6. The van der Waals surface area contributed by atoms with Crippen molar-refractivity contribution in [3.05, 3.63) is 28.2 Å². The molecule has 0 saturated carbocycles. The third-order valence-electron chi connectivity index (χ3n) is 1.55. The van der Waals surface area contributed by atoms with Gasteiger partial charge in [-0.15, -0.1) is 0 Å². The standard InChI is InChI=1S/C9H10Cl2O3/c10-7-2-1-3-8(11)9(7)14-5-6(13)4-12/h1-3,6,12-13H,4-5H2/t6-/m1/s1. The van der Waals surface area contributed by atoms with Crippen molar-refractivity contribution in [2.24, 2.45) is 0 Å². The Morgan fingerprint density at radius 2 is 1.86 bits per heavy atom. The molecule has 0 heterocycles. The van der Waals surface area contributed by atoms with Crippen LogP contribution in [0.4, 0.5) is 0 Å². The van der Waals surface area contributed by atoms with Gasteiger partial charge in [0.15, 0.2) is 5.75 Å². The summed E-state index contributed by atoms with van der Waals surface area (Å²) in [5.74, 6) is 0.323. The maximum Gasteiger partial charge on any atom is 0.156 e. The van der Waals surface area contributed by atoms with Crippen LogP contribution in [0.2, 0.25) is 10.0 Å². The summed E-state index contributed by atoms with van der Waals surface area (Å²) in [6.45, 7) is -0.401. The van der Waals surface area contributed by atoms with Crippen LogP contribution in [0.3, 0.4) is 0 Å². The van der Waals surface area contributed by atoms with Crippen LogP contribution >= 0.6 is 23.2 Å². The molecule has 14 heavy (non-hydrogen) atoms. The summed E-state index contributed by atoms with van der Waals surface area (Å²) in [7, 11) is 0. The van der Waals surface area contributed by atoms with E-state index < -0.39 is 6.10 Å². The third-order valence-corrected chi connectivity index (χ3v) is 2.15. The Kier molecular flexibility index (Phi) is 4.48. The van der Waals surface area contributed by atoms with E-state index in [0.29, 0.717) is 15.8 Å². The van der Waals surface area contributed by atoms with Crippen molar-refractivity contribution < 1.29 is 14.9 Å². The molecule has 1 rings (SSSR count). The summed E-state index contributed by atoms with van der Waals surface area (Å²) in [4.78, 5) is 0. The molecule has 0 spiro atoms. The number of rotatable bonds is 4. The van der Waals surface area contributed by atoms with Crippen LogP contribution in [-0.4, -0.2) is 29.5 Å². The number of aliphatic hydroxyl groups is 2. The van der Waals surface area contributed by atoms with Crippen molar-refractivity contribution >= 4 is 23.2 Å². The molecule has 2 N–H and O–H groups in total. The fourth-order valence-corrected chi connectivity index (χ4v) is 1.36. The van der Waals surface area contributed by atoms with Gasteiger partial charge in [-0.05, 0) is 12.1 Å². The highest BCUT2D eigenvalue weighted by molar-refractivity contribution is 6.37. The van der Waals surface area contributed by atoms with Crippen molar-refractivity contribution in [1.29, 1.82) is 0 Å². The van der Waals surface area contributed by atoms with Gasteiger partial charge >= 0.3 is 0 Å². The number of halogens is 2. The highest BCUT2D eigenvalue weighted by Crippen LogP contribution is 2.32. The van der Waals surface area contributed by atoms with Gasteiger partial charge < -0.3 is 14.9 Å². The largest absolute Gasteiger partial charge is 0.488 e. The lowest BCUT2D eigenvalue weighted by Crippen LogP contribution is -2.21. The molecular weight excluding hydrogens is 227 g/mol. The van der Waals surface area contributed by atoms with Crippen LogP contribution < -0.4 is 4.74 Å². The molecule has 1 aromatic rings. The molecule has 78 valence electrons. The first-order chi connectivity index (χ1) is 6.65. The second kappa shape index (κ2) is 5.41. The van der Waals surface area contributed by atoms with E-state index in [-0.39, 0.29) is 13.2 Å². The lowest BCUT2D eigenvalue weighted by Gasteiger charge is -2.11. The molecule has 0 amide bonds. The minimum atomic E-state index is -0.928. The predicted octanol–water partition coefficient (Wildman–Crippen LogP) is 1.73. The van der Waals surface area contributed by atoms with Crippen molar-refractivity contribution in [2.45, 2.75) is 6.10 Å². The van der Waals surface area contributed by atoms with Gasteiger partial charge in [0, 0.05) is 0 Å². The number of hydrogen-bond acceptors (Lipinski definition) is 3. The second-order valence-electron chi connectivity index (χ2n) is 2.70. The Bertz CT molecular complexity index is 284. The Hall–Kier alpha value is -0.480. The molecule has 0 bridgehead atoms. The fourth-order valence-electron chi connectivity index (χ4n) is 0.853. The number of benzene rings is 1. The third kappa shape index (κ3) is 3.03. The number of para-hydroxylation sites is 1. The van der Waals surface area contributed by atoms with Crippen molar-refractivity contribution in [3.8, 4) is 5.75 Å². The highest BCUT2D eigenvalue weighted by Gasteiger charge is 2.09. The van der Waals surface area contributed by atoms with Crippen molar-refractivity contribution in [1.82, 2.24) is 0 Å². The van der Waals surface area contributed by atoms with Crippen LogP contribution in [0, 0.1) is 0 Å². The summed E-state index contributed by atoms with van der Waals surface area (Å²) in [5, 5.41) is 18.4. The zero-order valence-electron chi connectivity index (χ0n) is 7.28. The summed E-state index contributed by atoms with van der Waals surface area (Å²) in [6, 6.07) is 4.96. The Morgan fingerprint density at radius 1 is 1.29 bits per heavy atom. The van der Waals surface area contributed by atoms with Gasteiger partial charge in [-0.3, -0.25) is 0 Å². The van der Waals surface area contributed by atoms with E-state index in [9.17, 15) is 0 Å². The van der Waals surface area contributed by atoms with Gasteiger partial charge in [0.05, 0.1) is 16.7 Å². The molecule has 3 nitrogen and oxygen atoms in total. The van der Waals surface area contributed by atoms with Gasteiger partial charge in [-0.25, -0.2) is 0 Å². The quantitative estimate of drug-likeness (QED) is 0.838. The Balaban J connectivity index is 2.66. The number of aliphatic hydroxyl groups excluding tert-OH is 2. The lowest BCUT2D eigenvalue weighted by atomic mass is 10.3. The molecule has 0 aromatic heterocycles. The van der Waals surface area contributed by atoms with Crippen LogP contribution in [0.15, 0.2) is 18.2 Å². The van der Waals surface area contributed by atoms with E-state index >= 15 is 0 Å². The first-order valence-corrected chi connectivity index (χ1v) is 4.76. The number of ether oxygens (including phenoxy) is 1. The van der Waals surface area contributed by atoms with Crippen LogP contribution in [0.5, 0.6) is 5.75 Å². The highest BCUT2D eigenvalue weighted by atomic mass is 35.5. The van der Waals surface area contributed by atoms with Crippen molar-refractivity contribution in [3.63, 3.8) is 0 Å². The Morgan fingerprint density at radius 3 is 2.36 bits per heavy atom. The Labute approximate surface area is 91.8 Å². The van der Waals surface area contributed by atoms with Crippen LogP contribution in [0.25, 0.3) is 0 Å². The van der Waals surface area contributed by atoms with Gasteiger partial charge in [0.1, 0.15) is 12.7 Å². The molecule has 0 fully saturated rings. The van der Waals surface area contributed by atoms with Crippen LogP contribution in [0.1, 0.15) is 0 Å². The molecule has 0 aliphatic rings. The molecule has 1 atom stereocenters. The minimum absolute atomic E-state index is 0.0417. The summed E-state index contributed by atoms with van der Waals surface area (Å²) < 4.78 is 5.15. The lowest BCUT2D eigenvalue weighted by molar-refractivity contribution is 0.0537. The van der Waals surface area contributed by atoms with Crippen LogP contribution in [-0.2, 0) is 0 Å². The van der Waals surface area contributed by atoms with E-state index in [2.05, 4.69) is 0 Å². The first kappa shape index (κ1) is 11.6. The SMILES string of the molecule is OC[C@@H](O)COc1c(Cl)cccc1Cl. The summed E-state index contributed by atoms with van der Waals surface area (Å²) in [6.07, 6.45) is -0.928. The van der Waals surface area contributed by atoms with Gasteiger partial charge in [-0.1, -0.05) is 29.3 Å². The minimum Gasteiger partial charge on any atom is -0.488 e. The maximum atomic E-state index is 9.04. The van der Waals surface area contributed by atoms with E-state index in [4.69, 9.17) is 38.2 Å². The van der Waals surface area contributed by atoms with E-state index in [1.807, 2.05) is 0 Å². The molecule has 1 aromatic carbocycles. The molecule has 0 aliphatic carbocycles. The first-order valence-electron chi connectivity index (χ1n) is 4.01. The van der Waals surface area contributed by atoms with Gasteiger partial charge in [0.25, 0.3) is 0 Å². The molecular formula is C9H10Cl2O3. The van der Waals surface area contributed by atoms with Gasteiger partial charge in [0.2, 0.25) is 0 Å². The molecule has 0 unspecified atom stereocenters. The predicted molar refractivity (Wildman–Crippen MR) is 55.0 cm³/mol.